The van der Waals surface area contributed by atoms with Crippen molar-refractivity contribution >= 4 is 17.5 Å². The van der Waals surface area contributed by atoms with Crippen LogP contribution in [-0.4, -0.2) is 42.4 Å². The van der Waals surface area contributed by atoms with Crippen LogP contribution in [0.1, 0.15) is 19.8 Å². The summed E-state index contributed by atoms with van der Waals surface area (Å²) in [4.78, 5) is 13.5. The molecule has 1 aliphatic rings. The van der Waals surface area contributed by atoms with Crippen molar-refractivity contribution in [1.82, 2.24) is 10.2 Å². The Hall–Kier alpha value is -0.280. The molecule has 13 heavy (non-hydrogen) atoms. The van der Waals surface area contributed by atoms with Crippen LogP contribution in [0.15, 0.2) is 0 Å². The predicted molar refractivity (Wildman–Crippen MR) is 54.0 cm³/mol. The van der Waals surface area contributed by atoms with Gasteiger partial charge in [-0.05, 0) is 33.4 Å². The molecule has 2 unspecified atom stereocenters. The number of alkyl halides is 1. The fourth-order valence-corrected chi connectivity index (χ4v) is 1.66. The number of nitrogens with zero attached hydrogens (tertiary/aromatic N) is 1. The molecule has 3 nitrogen and oxygen atoms in total. The van der Waals surface area contributed by atoms with E-state index in [4.69, 9.17) is 11.6 Å². The predicted octanol–water partition coefficient (Wildman–Crippen LogP) is 0.824. The van der Waals surface area contributed by atoms with Crippen LogP contribution in [-0.2, 0) is 4.79 Å². The van der Waals surface area contributed by atoms with Gasteiger partial charge in [0.15, 0.2) is 0 Å². The van der Waals surface area contributed by atoms with Crippen LogP contribution in [0.3, 0.4) is 0 Å². The van der Waals surface area contributed by atoms with Crippen LogP contribution >= 0.6 is 11.6 Å². The second-order valence-corrected chi connectivity index (χ2v) is 4.38. The van der Waals surface area contributed by atoms with E-state index < -0.39 is 5.38 Å². The van der Waals surface area contributed by atoms with Gasteiger partial charge >= 0.3 is 0 Å². The summed E-state index contributed by atoms with van der Waals surface area (Å²) in [7, 11) is 2.07. The maximum absolute atomic E-state index is 11.3. The molecule has 1 aliphatic heterocycles. The summed E-state index contributed by atoms with van der Waals surface area (Å²) >= 11 is 5.66. The normalized spacial score (nSPS) is 26.8. The number of hydrogen-bond donors (Lipinski definition) is 1. The zero-order chi connectivity index (χ0) is 9.84. The Morgan fingerprint density at radius 2 is 2.38 bits per heavy atom. The van der Waals surface area contributed by atoms with E-state index in [1.54, 1.807) is 6.92 Å². The van der Waals surface area contributed by atoms with E-state index in [9.17, 15) is 4.79 Å². The van der Waals surface area contributed by atoms with E-state index in [1.165, 1.54) is 0 Å². The van der Waals surface area contributed by atoms with Gasteiger partial charge in [0.2, 0.25) is 5.91 Å². The van der Waals surface area contributed by atoms with Crippen LogP contribution in [0.5, 0.6) is 0 Å². The minimum absolute atomic E-state index is 0.0537. The lowest BCUT2D eigenvalue weighted by Crippen LogP contribution is -2.47. The van der Waals surface area contributed by atoms with Crippen molar-refractivity contribution in [3.8, 4) is 0 Å². The highest BCUT2D eigenvalue weighted by Gasteiger charge is 2.20. The highest BCUT2D eigenvalue weighted by atomic mass is 35.5. The van der Waals surface area contributed by atoms with Gasteiger partial charge in [0, 0.05) is 12.6 Å². The highest BCUT2D eigenvalue weighted by molar-refractivity contribution is 6.30. The van der Waals surface area contributed by atoms with E-state index in [0.29, 0.717) is 0 Å². The molecule has 0 bridgehead atoms. The molecular weight excluding hydrogens is 188 g/mol. The molecule has 0 saturated carbocycles. The molecule has 0 aliphatic carbocycles. The molecule has 0 aromatic carbocycles. The Kier molecular flexibility index (Phi) is 4.00. The third-order valence-electron chi connectivity index (χ3n) is 2.33. The number of carbonyl (C=O) groups is 1. The molecule has 0 spiro atoms. The molecule has 1 fully saturated rings. The number of carbonyl (C=O) groups excluding carboxylic acids is 1. The van der Waals surface area contributed by atoms with E-state index >= 15 is 0 Å². The van der Waals surface area contributed by atoms with Gasteiger partial charge < -0.3 is 10.2 Å². The summed E-state index contributed by atoms with van der Waals surface area (Å²) in [6.07, 6.45) is 2.22. The van der Waals surface area contributed by atoms with Crippen LogP contribution in [0.25, 0.3) is 0 Å². The fourth-order valence-electron chi connectivity index (χ4n) is 1.60. The molecule has 0 aromatic rings. The van der Waals surface area contributed by atoms with E-state index in [0.717, 1.165) is 25.9 Å². The van der Waals surface area contributed by atoms with E-state index in [2.05, 4.69) is 17.3 Å². The smallest absolute Gasteiger partial charge is 0.238 e. The average molecular weight is 205 g/mol. The molecule has 76 valence electrons. The first-order valence-electron chi connectivity index (χ1n) is 4.72. The third kappa shape index (κ3) is 3.53. The molecule has 1 N–H and O–H groups in total. The Balaban J connectivity index is 2.31. The lowest BCUT2D eigenvalue weighted by Gasteiger charge is -2.30. The molecule has 1 heterocycles. The van der Waals surface area contributed by atoms with Gasteiger partial charge in [-0.2, -0.15) is 0 Å². The minimum atomic E-state index is -0.424. The van der Waals surface area contributed by atoms with Gasteiger partial charge in [-0.15, -0.1) is 11.6 Å². The maximum atomic E-state index is 11.3. The van der Waals surface area contributed by atoms with Crippen LogP contribution in [0.4, 0.5) is 0 Å². The summed E-state index contributed by atoms with van der Waals surface area (Å²) in [6.45, 7) is 3.77. The molecular formula is C9H17ClN2O. The average Bonchev–Trinajstić information content (AvgIpc) is 2.04. The highest BCUT2D eigenvalue weighted by Crippen LogP contribution is 2.08. The molecule has 2 atom stereocenters. The molecule has 1 rings (SSSR count). The number of rotatable bonds is 2. The van der Waals surface area contributed by atoms with Crippen LogP contribution in [0.2, 0.25) is 0 Å². The van der Waals surface area contributed by atoms with Crippen molar-refractivity contribution in [2.45, 2.75) is 31.2 Å². The van der Waals surface area contributed by atoms with Crippen molar-refractivity contribution in [2.75, 3.05) is 20.1 Å². The molecule has 1 saturated heterocycles. The summed E-state index contributed by atoms with van der Waals surface area (Å²) < 4.78 is 0. The minimum Gasteiger partial charge on any atom is -0.351 e. The number of nitrogens with one attached hydrogen (secondary N) is 1. The Morgan fingerprint density at radius 3 is 2.92 bits per heavy atom. The topological polar surface area (TPSA) is 32.3 Å². The van der Waals surface area contributed by atoms with Gasteiger partial charge in [0.25, 0.3) is 0 Å². The van der Waals surface area contributed by atoms with Gasteiger partial charge in [-0.1, -0.05) is 0 Å². The second-order valence-electron chi connectivity index (χ2n) is 3.73. The molecule has 4 heteroatoms. The van der Waals surface area contributed by atoms with E-state index in [-0.39, 0.29) is 11.9 Å². The Morgan fingerprint density at radius 1 is 1.69 bits per heavy atom. The molecule has 0 aromatic heterocycles. The van der Waals surface area contributed by atoms with Gasteiger partial charge in [-0.25, -0.2) is 0 Å². The molecule has 0 radical (unpaired) electrons. The number of piperidine rings is 1. The summed E-state index contributed by atoms with van der Waals surface area (Å²) in [5.41, 5.74) is 0. The van der Waals surface area contributed by atoms with Crippen molar-refractivity contribution in [2.24, 2.45) is 0 Å². The summed E-state index contributed by atoms with van der Waals surface area (Å²) in [5.74, 6) is -0.0537. The standard InChI is InChI=1S/C9H17ClN2O/c1-7(10)9(13)11-8-4-3-5-12(2)6-8/h7-8H,3-6H2,1-2H3,(H,11,13). The number of hydrogen-bond acceptors (Lipinski definition) is 2. The number of likely N-dealkylation sites (N-methyl/N-ethyl adjacent to an activating group) is 1. The van der Waals surface area contributed by atoms with Crippen molar-refractivity contribution in [3.63, 3.8) is 0 Å². The first kappa shape index (κ1) is 10.8. The number of halogens is 1. The Labute approximate surface area is 84.4 Å². The SMILES string of the molecule is CC(Cl)C(=O)NC1CCCN(C)C1. The second kappa shape index (κ2) is 4.82. The largest absolute Gasteiger partial charge is 0.351 e. The zero-order valence-electron chi connectivity index (χ0n) is 8.22. The number of likely N-dealkylation sites (tertiary alicyclic amines) is 1. The first-order chi connectivity index (χ1) is 6.09. The monoisotopic (exact) mass is 204 g/mol. The molecule has 1 amide bonds. The van der Waals surface area contributed by atoms with Gasteiger partial charge in [0.1, 0.15) is 5.38 Å². The fraction of sp³-hybridized carbons (Fsp3) is 0.889. The number of amides is 1. The van der Waals surface area contributed by atoms with Gasteiger partial charge in [0.05, 0.1) is 0 Å². The van der Waals surface area contributed by atoms with Gasteiger partial charge in [-0.3, -0.25) is 4.79 Å². The lowest BCUT2D eigenvalue weighted by molar-refractivity contribution is -0.121. The Bertz CT molecular complexity index is 184. The van der Waals surface area contributed by atoms with Crippen molar-refractivity contribution in [1.29, 1.82) is 0 Å². The van der Waals surface area contributed by atoms with Crippen LogP contribution < -0.4 is 5.32 Å². The first-order valence-corrected chi connectivity index (χ1v) is 5.16. The maximum Gasteiger partial charge on any atom is 0.238 e. The third-order valence-corrected chi connectivity index (χ3v) is 2.53. The zero-order valence-corrected chi connectivity index (χ0v) is 8.97. The van der Waals surface area contributed by atoms with Crippen molar-refractivity contribution < 1.29 is 4.79 Å². The van der Waals surface area contributed by atoms with Crippen LogP contribution in [0, 0.1) is 0 Å². The quantitative estimate of drug-likeness (QED) is 0.676. The van der Waals surface area contributed by atoms with E-state index in [1.807, 2.05) is 0 Å². The van der Waals surface area contributed by atoms with Crippen molar-refractivity contribution in [3.05, 3.63) is 0 Å². The summed E-state index contributed by atoms with van der Waals surface area (Å²) in [5, 5.41) is 2.51. The lowest BCUT2D eigenvalue weighted by atomic mass is 10.1. The summed E-state index contributed by atoms with van der Waals surface area (Å²) in [6, 6.07) is 0.285.